The molecule has 0 unspecified atom stereocenters. The average Bonchev–Trinajstić information content (AvgIpc) is 3.07. The highest BCUT2D eigenvalue weighted by molar-refractivity contribution is 9.10. The number of benzene rings is 3. The van der Waals surface area contributed by atoms with Crippen LogP contribution in [0.15, 0.2) is 77.3 Å². The van der Waals surface area contributed by atoms with E-state index in [2.05, 4.69) is 22.0 Å². The zero-order valence-electron chi connectivity index (χ0n) is 19.1. The van der Waals surface area contributed by atoms with E-state index in [-0.39, 0.29) is 5.56 Å². The first-order chi connectivity index (χ1) is 16.7. The quantitative estimate of drug-likeness (QED) is 0.305. The zero-order chi connectivity index (χ0) is 25.0. The van der Waals surface area contributed by atoms with Crippen LogP contribution in [0.3, 0.4) is 0 Å². The molecule has 0 saturated heterocycles. The lowest BCUT2D eigenvalue weighted by molar-refractivity contribution is 0.0981. The summed E-state index contributed by atoms with van der Waals surface area (Å²) in [4.78, 5) is 12.1. The molecule has 0 bridgehead atoms. The van der Waals surface area contributed by atoms with Gasteiger partial charge in [0.25, 0.3) is 5.91 Å². The van der Waals surface area contributed by atoms with Crippen LogP contribution >= 0.6 is 15.9 Å². The third-order valence-electron chi connectivity index (χ3n) is 5.37. The van der Waals surface area contributed by atoms with Crippen molar-refractivity contribution >= 4 is 42.9 Å². The fraction of sp³-hybridized carbons (Fsp3) is 0.200. The van der Waals surface area contributed by atoms with Crippen molar-refractivity contribution in [1.82, 2.24) is 13.9 Å². The van der Waals surface area contributed by atoms with Crippen molar-refractivity contribution in [3.05, 3.63) is 94.0 Å². The number of para-hydroxylation sites is 2. The fourth-order valence-corrected chi connectivity index (χ4v) is 4.77. The van der Waals surface area contributed by atoms with Crippen LogP contribution in [0.5, 0.6) is 5.75 Å². The van der Waals surface area contributed by atoms with E-state index >= 15 is 0 Å². The van der Waals surface area contributed by atoms with Crippen LogP contribution in [0.1, 0.15) is 22.3 Å². The molecule has 4 rings (SSSR count). The number of imidazole rings is 1. The van der Waals surface area contributed by atoms with Gasteiger partial charge in [-0.2, -0.15) is 0 Å². The Morgan fingerprint density at radius 1 is 1.00 bits per heavy atom. The minimum Gasteiger partial charge on any atom is -0.494 e. The fourth-order valence-electron chi connectivity index (χ4n) is 3.87. The number of hydrogen-bond acceptors (Lipinski definition) is 5. The number of nitrogens with one attached hydrogen (secondary N) is 2. The maximum absolute atomic E-state index is 12.1. The molecule has 0 radical (unpaired) electrons. The van der Waals surface area contributed by atoms with Crippen molar-refractivity contribution in [1.29, 1.82) is 5.41 Å². The molecule has 4 aromatic rings. The van der Waals surface area contributed by atoms with E-state index < -0.39 is 15.9 Å². The minimum absolute atomic E-state index is 0.200. The molecule has 35 heavy (non-hydrogen) atoms. The van der Waals surface area contributed by atoms with Crippen LogP contribution in [0.25, 0.3) is 11.0 Å². The Balaban J connectivity index is 1.45. The number of aryl methyl sites for hydroxylation is 1. The molecule has 3 aromatic carbocycles. The monoisotopic (exact) mass is 556 g/mol. The number of nitrogens with zero attached hydrogens (tertiary/aromatic N) is 2. The van der Waals surface area contributed by atoms with Crippen LogP contribution in [-0.2, 0) is 23.1 Å². The van der Waals surface area contributed by atoms with Crippen molar-refractivity contribution in [2.24, 2.45) is 0 Å². The smallest absolute Gasteiger partial charge is 0.264 e. The summed E-state index contributed by atoms with van der Waals surface area (Å²) >= 11 is 3.51. The lowest BCUT2D eigenvalue weighted by Crippen LogP contribution is -2.29. The topological polar surface area (TPSA) is 106 Å². The Kier molecular flexibility index (Phi) is 7.42. The zero-order valence-corrected chi connectivity index (χ0v) is 21.5. The van der Waals surface area contributed by atoms with Gasteiger partial charge in [-0.1, -0.05) is 46.3 Å². The van der Waals surface area contributed by atoms with Gasteiger partial charge in [0.15, 0.2) is 0 Å². The first-order valence-corrected chi connectivity index (χ1v) is 13.6. The Morgan fingerprint density at radius 3 is 2.43 bits per heavy atom. The molecule has 0 spiro atoms. The van der Waals surface area contributed by atoms with E-state index in [4.69, 9.17) is 10.1 Å². The Hall–Kier alpha value is -3.37. The van der Waals surface area contributed by atoms with Crippen molar-refractivity contribution in [2.45, 2.75) is 19.5 Å². The number of carbonyl (C=O) groups is 1. The van der Waals surface area contributed by atoms with Gasteiger partial charge in [-0.25, -0.2) is 13.1 Å². The summed E-state index contributed by atoms with van der Waals surface area (Å²) in [5.74, 6) is -0.232. The Morgan fingerprint density at radius 2 is 1.71 bits per heavy atom. The molecule has 1 aromatic heterocycles. The molecule has 0 aliphatic rings. The molecule has 0 aliphatic heterocycles. The molecule has 10 heteroatoms. The van der Waals surface area contributed by atoms with Gasteiger partial charge in [0.2, 0.25) is 15.6 Å². The number of ether oxygens (including phenoxy) is 1. The normalized spacial score (nSPS) is 11.5. The van der Waals surface area contributed by atoms with E-state index in [9.17, 15) is 13.2 Å². The van der Waals surface area contributed by atoms with Crippen LogP contribution < -0.4 is 15.1 Å². The molecule has 0 aliphatic carbocycles. The lowest BCUT2D eigenvalue weighted by atomic mass is 10.2. The molecule has 1 amide bonds. The number of amides is 1. The largest absolute Gasteiger partial charge is 0.494 e. The second kappa shape index (κ2) is 10.5. The van der Waals surface area contributed by atoms with Crippen molar-refractivity contribution in [3.8, 4) is 5.75 Å². The summed E-state index contributed by atoms with van der Waals surface area (Å²) in [7, 11) is -3.64. The molecule has 2 N–H and O–H groups in total. The van der Waals surface area contributed by atoms with E-state index in [0.717, 1.165) is 27.3 Å². The lowest BCUT2D eigenvalue weighted by Gasteiger charge is -2.09. The molecular formula is C25H25BrN4O4S. The van der Waals surface area contributed by atoms with E-state index in [1.54, 1.807) is 12.1 Å². The number of carbonyl (C=O) groups excluding carboxylic acids is 1. The van der Waals surface area contributed by atoms with Gasteiger partial charge in [-0.05, 0) is 54.4 Å². The molecule has 0 saturated carbocycles. The third kappa shape index (κ3) is 6.20. The highest BCUT2D eigenvalue weighted by Gasteiger charge is 2.13. The van der Waals surface area contributed by atoms with Gasteiger partial charge in [0.05, 0.1) is 30.4 Å². The van der Waals surface area contributed by atoms with Gasteiger partial charge in [-0.3, -0.25) is 10.2 Å². The molecule has 0 fully saturated rings. The average molecular weight is 557 g/mol. The van der Waals surface area contributed by atoms with E-state index in [1.165, 1.54) is 12.1 Å². The number of rotatable bonds is 9. The predicted octanol–water partition coefficient (Wildman–Crippen LogP) is 3.89. The van der Waals surface area contributed by atoms with Crippen molar-refractivity contribution in [3.63, 3.8) is 0 Å². The summed E-state index contributed by atoms with van der Waals surface area (Å²) in [6, 6.07) is 22.4. The van der Waals surface area contributed by atoms with Crippen molar-refractivity contribution < 1.29 is 17.9 Å². The number of aromatic nitrogens is 2. The van der Waals surface area contributed by atoms with Gasteiger partial charge in [0, 0.05) is 16.6 Å². The molecular weight excluding hydrogens is 532 g/mol. The summed E-state index contributed by atoms with van der Waals surface area (Å²) in [6.45, 7) is 1.54. The van der Waals surface area contributed by atoms with Gasteiger partial charge in [-0.15, -0.1) is 0 Å². The summed E-state index contributed by atoms with van der Waals surface area (Å²) in [5, 5.41) is 8.80. The first kappa shape index (κ1) is 24.7. The van der Waals surface area contributed by atoms with Crippen LogP contribution in [0, 0.1) is 5.41 Å². The van der Waals surface area contributed by atoms with E-state index in [0.29, 0.717) is 37.5 Å². The second-order valence-electron chi connectivity index (χ2n) is 8.11. The first-order valence-electron chi connectivity index (χ1n) is 10.9. The van der Waals surface area contributed by atoms with E-state index in [1.807, 2.05) is 56.3 Å². The molecule has 182 valence electrons. The van der Waals surface area contributed by atoms with Gasteiger partial charge in [0.1, 0.15) is 5.75 Å². The number of sulfonamides is 1. The summed E-state index contributed by atoms with van der Waals surface area (Å²) in [5.41, 5.74) is 3.68. The van der Waals surface area contributed by atoms with Crippen LogP contribution in [0.4, 0.5) is 0 Å². The minimum atomic E-state index is -3.64. The predicted molar refractivity (Wildman–Crippen MR) is 138 cm³/mol. The Bertz CT molecular complexity index is 1540. The maximum Gasteiger partial charge on any atom is 0.264 e. The van der Waals surface area contributed by atoms with Crippen molar-refractivity contribution in [2.75, 3.05) is 12.9 Å². The highest BCUT2D eigenvalue weighted by Crippen LogP contribution is 2.18. The molecule has 1 heterocycles. The van der Waals surface area contributed by atoms with Gasteiger partial charge >= 0.3 is 0 Å². The SMILES string of the molecule is CS(=O)(=O)NC(=O)c1cccc(OCCCn2c(=N)n(Cc3cccc(Br)c3)c3ccccc32)c1. The second-order valence-corrected chi connectivity index (χ2v) is 10.8. The number of fused-ring (bicyclic) bond motifs is 1. The summed E-state index contributed by atoms with van der Waals surface area (Å²) < 4.78 is 35.3. The van der Waals surface area contributed by atoms with Crippen LogP contribution in [-0.4, -0.2) is 36.3 Å². The van der Waals surface area contributed by atoms with Gasteiger partial charge < -0.3 is 13.9 Å². The third-order valence-corrected chi connectivity index (χ3v) is 6.42. The Labute approximate surface area is 211 Å². The van der Waals surface area contributed by atoms with Crippen LogP contribution in [0.2, 0.25) is 0 Å². The number of halogens is 1. The number of hydrogen-bond donors (Lipinski definition) is 2. The summed E-state index contributed by atoms with van der Waals surface area (Å²) in [6.07, 6.45) is 1.57. The standard InChI is InChI=1S/C25H25BrN4O4S/c1-35(32,33)28-24(31)19-8-5-10-21(16-19)34-14-6-13-29-22-11-2-3-12-23(22)30(25(29)27)17-18-7-4-9-20(26)15-18/h2-5,7-12,15-16,27H,6,13-14,17H2,1H3,(H,28,31). The molecule has 0 atom stereocenters. The highest BCUT2D eigenvalue weighted by atomic mass is 79.9. The molecule has 8 nitrogen and oxygen atoms in total. The maximum atomic E-state index is 12.1.